The van der Waals surface area contributed by atoms with Gasteiger partial charge in [0, 0.05) is 0 Å². The van der Waals surface area contributed by atoms with Gasteiger partial charge in [-0.05, 0) is 18.1 Å². The van der Waals surface area contributed by atoms with Crippen molar-refractivity contribution in [3.63, 3.8) is 0 Å². The van der Waals surface area contributed by atoms with Crippen molar-refractivity contribution in [3.05, 3.63) is 40.3 Å². The Balaban J connectivity index is 2.35. The molecular formula is C11H12ClFN4. The Morgan fingerprint density at radius 2 is 2.24 bits per heavy atom. The van der Waals surface area contributed by atoms with Crippen molar-refractivity contribution in [2.45, 2.75) is 19.9 Å². The summed E-state index contributed by atoms with van der Waals surface area (Å²) in [6.07, 6.45) is 0.714. The first-order valence-corrected chi connectivity index (χ1v) is 5.62. The van der Waals surface area contributed by atoms with Gasteiger partial charge in [0.15, 0.2) is 5.82 Å². The molecule has 1 aromatic heterocycles. The predicted octanol–water partition coefficient (Wildman–Crippen LogP) is 2.26. The third-order valence-electron chi connectivity index (χ3n) is 2.55. The van der Waals surface area contributed by atoms with E-state index in [4.69, 9.17) is 17.3 Å². The number of hydrogen-bond donors (Lipinski definition) is 1. The number of nitrogen functional groups attached to an aromatic ring is 1. The third kappa shape index (κ3) is 2.24. The minimum atomic E-state index is -0.435. The molecule has 0 bridgehead atoms. The zero-order valence-corrected chi connectivity index (χ0v) is 10.1. The number of rotatable bonds is 3. The molecule has 6 heteroatoms. The van der Waals surface area contributed by atoms with Crippen LogP contribution in [0.5, 0.6) is 0 Å². The zero-order valence-electron chi connectivity index (χ0n) is 9.32. The van der Waals surface area contributed by atoms with Crippen LogP contribution in [0, 0.1) is 5.82 Å². The first-order chi connectivity index (χ1) is 8.13. The number of hydrogen-bond acceptors (Lipinski definition) is 3. The lowest BCUT2D eigenvalue weighted by molar-refractivity contribution is 0.604. The van der Waals surface area contributed by atoms with Gasteiger partial charge in [-0.3, -0.25) is 0 Å². The second-order valence-electron chi connectivity index (χ2n) is 3.65. The first-order valence-electron chi connectivity index (χ1n) is 5.24. The summed E-state index contributed by atoms with van der Waals surface area (Å²) in [5, 5.41) is 7.82. The highest BCUT2D eigenvalue weighted by atomic mass is 35.5. The van der Waals surface area contributed by atoms with E-state index in [1.165, 1.54) is 6.07 Å². The number of halogens is 2. The number of nitrogens with zero attached hydrogens (tertiary/aromatic N) is 3. The topological polar surface area (TPSA) is 56.7 Å². The molecule has 0 aliphatic rings. The Hall–Kier alpha value is -1.62. The van der Waals surface area contributed by atoms with Crippen LogP contribution in [-0.2, 0) is 13.0 Å². The van der Waals surface area contributed by atoms with Crippen LogP contribution in [0.15, 0.2) is 18.2 Å². The van der Waals surface area contributed by atoms with Gasteiger partial charge in [0.05, 0.1) is 17.3 Å². The normalized spacial score (nSPS) is 10.8. The minimum absolute atomic E-state index is 0.114. The van der Waals surface area contributed by atoms with Crippen molar-refractivity contribution in [3.8, 4) is 0 Å². The molecule has 0 saturated carbocycles. The molecule has 0 fully saturated rings. The molecule has 0 unspecified atom stereocenters. The van der Waals surface area contributed by atoms with Crippen molar-refractivity contribution < 1.29 is 4.39 Å². The standard InChI is InChI=1S/C11H12ClFN4/c1-2-9-11(14)15-16-17(9)6-7-4-3-5-8(13)10(7)12/h3-5H,2,6,14H2,1H3. The Labute approximate surface area is 103 Å². The van der Waals surface area contributed by atoms with Gasteiger partial charge in [-0.2, -0.15) is 0 Å². The lowest BCUT2D eigenvalue weighted by Gasteiger charge is -2.07. The Kier molecular flexibility index (Phi) is 3.28. The van der Waals surface area contributed by atoms with Gasteiger partial charge in [-0.25, -0.2) is 9.07 Å². The number of benzene rings is 1. The monoisotopic (exact) mass is 254 g/mol. The van der Waals surface area contributed by atoms with Gasteiger partial charge < -0.3 is 5.73 Å². The molecule has 17 heavy (non-hydrogen) atoms. The van der Waals surface area contributed by atoms with Crippen LogP contribution < -0.4 is 5.73 Å². The molecule has 90 valence electrons. The van der Waals surface area contributed by atoms with Crippen LogP contribution in [0.4, 0.5) is 10.2 Å². The van der Waals surface area contributed by atoms with Crippen molar-refractivity contribution in [2.24, 2.45) is 0 Å². The van der Waals surface area contributed by atoms with Crippen LogP contribution in [0.1, 0.15) is 18.2 Å². The molecular weight excluding hydrogens is 243 g/mol. The summed E-state index contributed by atoms with van der Waals surface area (Å²) in [5.41, 5.74) is 7.15. The van der Waals surface area contributed by atoms with Crippen LogP contribution in [0.2, 0.25) is 5.02 Å². The molecule has 1 heterocycles. The lowest BCUT2D eigenvalue weighted by Crippen LogP contribution is -2.07. The maximum Gasteiger partial charge on any atom is 0.169 e. The maximum atomic E-state index is 13.3. The second kappa shape index (κ2) is 4.71. The van der Waals surface area contributed by atoms with Crippen LogP contribution in [0.25, 0.3) is 0 Å². The quantitative estimate of drug-likeness (QED) is 0.914. The molecule has 1 aromatic carbocycles. The number of anilines is 1. The maximum absolute atomic E-state index is 13.3. The predicted molar refractivity (Wildman–Crippen MR) is 64.3 cm³/mol. The molecule has 0 spiro atoms. The van der Waals surface area contributed by atoms with E-state index in [-0.39, 0.29) is 5.02 Å². The van der Waals surface area contributed by atoms with E-state index in [0.29, 0.717) is 24.3 Å². The summed E-state index contributed by atoms with van der Waals surface area (Å²) in [6, 6.07) is 4.69. The first kappa shape index (κ1) is 11.9. The summed E-state index contributed by atoms with van der Waals surface area (Å²) >= 11 is 5.88. The molecule has 0 amide bonds. The van der Waals surface area contributed by atoms with Gasteiger partial charge in [-0.15, -0.1) is 5.10 Å². The molecule has 4 nitrogen and oxygen atoms in total. The molecule has 2 aromatic rings. The molecule has 0 saturated heterocycles. The highest BCUT2D eigenvalue weighted by molar-refractivity contribution is 6.31. The highest BCUT2D eigenvalue weighted by Crippen LogP contribution is 2.21. The second-order valence-corrected chi connectivity index (χ2v) is 4.02. The van der Waals surface area contributed by atoms with E-state index in [1.807, 2.05) is 6.92 Å². The van der Waals surface area contributed by atoms with E-state index in [2.05, 4.69) is 10.3 Å². The van der Waals surface area contributed by atoms with Gasteiger partial charge in [0.25, 0.3) is 0 Å². The third-order valence-corrected chi connectivity index (χ3v) is 2.98. The Morgan fingerprint density at radius 3 is 2.94 bits per heavy atom. The molecule has 0 aliphatic carbocycles. The average Bonchev–Trinajstić information content (AvgIpc) is 2.66. The van der Waals surface area contributed by atoms with Gasteiger partial charge in [0.2, 0.25) is 0 Å². The van der Waals surface area contributed by atoms with Crippen molar-refractivity contribution in [1.82, 2.24) is 15.0 Å². The van der Waals surface area contributed by atoms with Crippen LogP contribution in [-0.4, -0.2) is 15.0 Å². The summed E-state index contributed by atoms with van der Waals surface area (Å²) in [4.78, 5) is 0. The lowest BCUT2D eigenvalue weighted by atomic mass is 10.2. The molecule has 2 rings (SSSR count). The van der Waals surface area contributed by atoms with Crippen molar-refractivity contribution >= 4 is 17.4 Å². The van der Waals surface area contributed by atoms with Crippen LogP contribution in [0.3, 0.4) is 0 Å². The summed E-state index contributed by atoms with van der Waals surface area (Å²) in [6.45, 7) is 2.32. The fourth-order valence-corrected chi connectivity index (χ4v) is 1.85. The summed E-state index contributed by atoms with van der Waals surface area (Å²) < 4.78 is 14.9. The Bertz CT molecular complexity index is 538. The molecule has 0 aliphatic heterocycles. The summed E-state index contributed by atoms with van der Waals surface area (Å²) in [5.74, 6) is -0.0321. The number of aromatic nitrogens is 3. The van der Waals surface area contributed by atoms with Crippen molar-refractivity contribution in [2.75, 3.05) is 5.73 Å². The van der Waals surface area contributed by atoms with Gasteiger partial charge in [-0.1, -0.05) is 35.9 Å². The van der Waals surface area contributed by atoms with Crippen molar-refractivity contribution in [1.29, 1.82) is 0 Å². The average molecular weight is 255 g/mol. The van der Waals surface area contributed by atoms with E-state index >= 15 is 0 Å². The van der Waals surface area contributed by atoms with E-state index in [0.717, 1.165) is 5.69 Å². The SMILES string of the molecule is CCc1c(N)nnn1Cc1cccc(F)c1Cl. The fraction of sp³-hybridized carbons (Fsp3) is 0.273. The highest BCUT2D eigenvalue weighted by Gasteiger charge is 2.11. The summed E-state index contributed by atoms with van der Waals surface area (Å²) in [7, 11) is 0. The molecule has 2 N–H and O–H groups in total. The smallest absolute Gasteiger partial charge is 0.169 e. The number of nitrogens with two attached hydrogens (primary N) is 1. The van der Waals surface area contributed by atoms with Gasteiger partial charge in [0.1, 0.15) is 5.82 Å². The molecule has 0 atom stereocenters. The largest absolute Gasteiger partial charge is 0.381 e. The van der Waals surface area contributed by atoms with E-state index < -0.39 is 5.82 Å². The molecule has 0 radical (unpaired) electrons. The Morgan fingerprint density at radius 1 is 1.47 bits per heavy atom. The fourth-order valence-electron chi connectivity index (χ4n) is 1.67. The van der Waals surface area contributed by atoms with E-state index in [1.54, 1.807) is 16.8 Å². The minimum Gasteiger partial charge on any atom is -0.381 e. The zero-order chi connectivity index (χ0) is 12.4. The van der Waals surface area contributed by atoms with E-state index in [9.17, 15) is 4.39 Å². The van der Waals surface area contributed by atoms with Gasteiger partial charge >= 0.3 is 0 Å². The van der Waals surface area contributed by atoms with Crippen LogP contribution >= 0.6 is 11.6 Å².